The highest BCUT2D eigenvalue weighted by Gasteiger charge is 2.45. The van der Waals surface area contributed by atoms with Crippen molar-refractivity contribution in [2.75, 3.05) is 13.1 Å². The second kappa shape index (κ2) is 6.07. The number of amides is 2. The van der Waals surface area contributed by atoms with Crippen molar-refractivity contribution in [3.8, 4) is 0 Å². The normalized spacial score (nSPS) is 27.7. The molecule has 1 N–H and O–H groups in total. The first kappa shape index (κ1) is 16.5. The molecular weight excluding hydrogens is 316 g/mol. The Kier molecular flexibility index (Phi) is 4.01. The highest BCUT2D eigenvalue weighted by Crippen LogP contribution is 2.53. The Morgan fingerprint density at radius 2 is 1.80 bits per heavy atom. The van der Waals surface area contributed by atoms with E-state index in [4.69, 9.17) is 0 Å². The van der Waals surface area contributed by atoms with Gasteiger partial charge in [0.15, 0.2) is 0 Å². The topological polar surface area (TPSA) is 75.2 Å². The molecule has 6 nitrogen and oxygen atoms in total. The summed E-state index contributed by atoms with van der Waals surface area (Å²) in [7, 11) is 0. The maximum atomic E-state index is 12.6. The Bertz CT molecular complexity index is 673. The van der Waals surface area contributed by atoms with Crippen molar-refractivity contribution in [1.82, 2.24) is 20.2 Å². The molecule has 1 spiro atoms. The summed E-state index contributed by atoms with van der Waals surface area (Å²) < 4.78 is 0. The molecule has 0 bridgehead atoms. The third kappa shape index (κ3) is 3.39. The zero-order valence-electron chi connectivity index (χ0n) is 15.0. The fourth-order valence-corrected chi connectivity index (χ4v) is 3.82. The number of hydrogen-bond acceptors (Lipinski definition) is 4. The molecule has 2 saturated carbocycles. The van der Waals surface area contributed by atoms with Gasteiger partial charge in [-0.15, -0.1) is 0 Å². The maximum absolute atomic E-state index is 12.6. The van der Waals surface area contributed by atoms with E-state index in [1.807, 2.05) is 4.90 Å². The van der Waals surface area contributed by atoms with Gasteiger partial charge in [0.05, 0.1) is 5.56 Å². The fraction of sp³-hybridized carbons (Fsp3) is 0.684. The van der Waals surface area contributed by atoms with Crippen LogP contribution in [0.15, 0.2) is 12.4 Å². The molecule has 1 aliphatic heterocycles. The summed E-state index contributed by atoms with van der Waals surface area (Å²) in [5, 5.41) is 2.79. The van der Waals surface area contributed by atoms with E-state index in [0.717, 1.165) is 38.2 Å². The van der Waals surface area contributed by atoms with Gasteiger partial charge in [0, 0.05) is 31.4 Å². The van der Waals surface area contributed by atoms with Gasteiger partial charge in [-0.25, -0.2) is 9.97 Å². The molecule has 3 aliphatic rings. The van der Waals surface area contributed by atoms with E-state index in [1.54, 1.807) is 19.3 Å². The number of aromatic nitrogens is 2. The Balaban J connectivity index is 1.31. The van der Waals surface area contributed by atoms with Crippen LogP contribution in [-0.4, -0.2) is 45.8 Å². The maximum Gasteiger partial charge on any atom is 0.255 e. The Morgan fingerprint density at radius 3 is 2.32 bits per heavy atom. The van der Waals surface area contributed by atoms with E-state index in [2.05, 4.69) is 22.2 Å². The van der Waals surface area contributed by atoms with E-state index in [0.29, 0.717) is 22.8 Å². The van der Waals surface area contributed by atoms with Crippen molar-refractivity contribution in [2.24, 2.45) is 11.3 Å². The van der Waals surface area contributed by atoms with Crippen LogP contribution < -0.4 is 5.32 Å². The number of nitrogens with one attached hydrogen (secondary N) is 1. The summed E-state index contributed by atoms with van der Waals surface area (Å²) in [6.07, 6.45) is 9.10. The second-order valence-electron chi connectivity index (χ2n) is 8.17. The molecule has 1 aromatic rings. The molecule has 0 radical (unpaired) electrons. The second-order valence-corrected chi connectivity index (χ2v) is 8.17. The molecule has 6 heteroatoms. The predicted octanol–water partition coefficient (Wildman–Crippen LogP) is 2.12. The van der Waals surface area contributed by atoms with Crippen molar-refractivity contribution in [1.29, 1.82) is 0 Å². The van der Waals surface area contributed by atoms with Gasteiger partial charge in [0.2, 0.25) is 5.91 Å². The minimum atomic E-state index is -0.524. The van der Waals surface area contributed by atoms with Crippen LogP contribution in [0.3, 0.4) is 0 Å². The van der Waals surface area contributed by atoms with E-state index in [-0.39, 0.29) is 11.8 Å². The van der Waals surface area contributed by atoms with Gasteiger partial charge in [0.1, 0.15) is 11.9 Å². The minimum Gasteiger partial charge on any atom is -0.341 e. The van der Waals surface area contributed by atoms with E-state index in [9.17, 15) is 9.59 Å². The molecule has 3 fully saturated rings. The van der Waals surface area contributed by atoms with E-state index >= 15 is 0 Å². The standard InChI is InChI=1S/C19H26N4O2/c1-12-9-15(12)16-20-10-14(11-21-16)17(24)22-13(2)18(25)23-7-5-19(3-4-19)6-8-23/h10-13,15H,3-9H2,1-2H3,(H,22,24). The number of carbonyl (C=O) groups is 2. The first-order valence-corrected chi connectivity index (χ1v) is 9.39. The average molecular weight is 342 g/mol. The van der Waals surface area contributed by atoms with Gasteiger partial charge < -0.3 is 10.2 Å². The van der Waals surface area contributed by atoms with Crippen LogP contribution in [0.4, 0.5) is 0 Å². The number of hydrogen-bond donors (Lipinski definition) is 1. The van der Waals surface area contributed by atoms with Crippen LogP contribution in [0, 0.1) is 11.3 Å². The van der Waals surface area contributed by atoms with E-state index in [1.165, 1.54) is 12.8 Å². The molecule has 25 heavy (non-hydrogen) atoms. The largest absolute Gasteiger partial charge is 0.341 e. The van der Waals surface area contributed by atoms with Crippen LogP contribution in [0.1, 0.15) is 68.1 Å². The molecule has 2 aliphatic carbocycles. The Labute approximate surface area is 148 Å². The molecule has 2 amide bonds. The zero-order chi connectivity index (χ0) is 17.6. The van der Waals surface area contributed by atoms with Crippen molar-refractivity contribution in [2.45, 2.75) is 57.9 Å². The van der Waals surface area contributed by atoms with Gasteiger partial charge >= 0.3 is 0 Å². The van der Waals surface area contributed by atoms with Crippen LogP contribution in [0.5, 0.6) is 0 Å². The van der Waals surface area contributed by atoms with Gasteiger partial charge in [-0.1, -0.05) is 6.92 Å². The highest BCUT2D eigenvalue weighted by molar-refractivity contribution is 5.97. The number of likely N-dealkylation sites (tertiary alicyclic amines) is 1. The van der Waals surface area contributed by atoms with Crippen molar-refractivity contribution < 1.29 is 9.59 Å². The summed E-state index contributed by atoms with van der Waals surface area (Å²) in [6.45, 7) is 5.56. The minimum absolute atomic E-state index is 0.00759. The first-order chi connectivity index (χ1) is 12.0. The van der Waals surface area contributed by atoms with Crippen molar-refractivity contribution >= 4 is 11.8 Å². The molecule has 1 saturated heterocycles. The lowest BCUT2D eigenvalue weighted by Gasteiger charge is -2.33. The summed E-state index contributed by atoms with van der Waals surface area (Å²) in [5.74, 6) is 1.61. The fourth-order valence-electron chi connectivity index (χ4n) is 3.82. The average Bonchev–Trinajstić information content (AvgIpc) is 3.54. The molecule has 3 atom stereocenters. The molecule has 2 heterocycles. The predicted molar refractivity (Wildman–Crippen MR) is 93.0 cm³/mol. The van der Waals surface area contributed by atoms with Gasteiger partial charge in [-0.3, -0.25) is 9.59 Å². The highest BCUT2D eigenvalue weighted by atomic mass is 16.2. The lowest BCUT2D eigenvalue weighted by Crippen LogP contribution is -2.49. The van der Waals surface area contributed by atoms with Gasteiger partial charge in [-0.05, 0) is 50.4 Å². The summed E-state index contributed by atoms with van der Waals surface area (Å²) in [5.41, 5.74) is 0.953. The molecular formula is C19H26N4O2. The van der Waals surface area contributed by atoms with Crippen LogP contribution in [0.25, 0.3) is 0 Å². The number of rotatable bonds is 4. The number of carbonyl (C=O) groups excluding carboxylic acids is 2. The molecule has 3 unspecified atom stereocenters. The van der Waals surface area contributed by atoms with Crippen LogP contribution >= 0.6 is 0 Å². The Hall–Kier alpha value is -1.98. The van der Waals surface area contributed by atoms with Crippen LogP contribution in [-0.2, 0) is 4.79 Å². The number of piperidine rings is 1. The Morgan fingerprint density at radius 1 is 1.20 bits per heavy atom. The first-order valence-electron chi connectivity index (χ1n) is 9.39. The zero-order valence-corrected chi connectivity index (χ0v) is 15.0. The quantitative estimate of drug-likeness (QED) is 0.909. The van der Waals surface area contributed by atoms with E-state index < -0.39 is 6.04 Å². The van der Waals surface area contributed by atoms with Gasteiger partial charge in [-0.2, -0.15) is 0 Å². The molecule has 0 aromatic carbocycles. The van der Waals surface area contributed by atoms with Crippen molar-refractivity contribution in [3.63, 3.8) is 0 Å². The monoisotopic (exact) mass is 342 g/mol. The number of nitrogens with zero attached hydrogens (tertiary/aromatic N) is 3. The lowest BCUT2D eigenvalue weighted by molar-refractivity contribution is -0.134. The SMILES string of the molecule is CC(NC(=O)c1cnc(C2CC2C)nc1)C(=O)N1CCC2(CC1)CC2. The lowest BCUT2D eigenvalue weighted by atomic mass is 9.93. The summed E-state index contributed by atoms with van der Waals surface area (Å²) in [4.78, 5) is 35.4. The summed E-state index contributed by atoms with van der Waals surface area (Å²) in [6, 6.07) is -0.524. The van der Waals surface area contributed by atoms with Crippen LogP contribution in [0.2, 0.25) is 0 Å². The molecule has 1 aromatic heterocycles. The van der Waals surface area contributed by atoms with Gasteiger partial charge in [0.25, 0.3) is 5.91 Å². The molecule has 134 valence electrons. The van der Waals surface area contributed by atoms with Crippen molar-refractivity contribution in [3.05, 3.63) is 23.8 Å². The smallest absolute Gasteiger partial charge is 0.255 e. The third-order valence-corrected chi connectivity index (χ3v) is 6.19. The summed E-state index contributed by atoms with van der Waals surface area (Å²) >= 11 is 0. The third-order valence-electron chi connectivity index (χ3n) is 6.19. The molecule has 4 rings (SSSR count).